The van der Waals surface area contributed by atoms with Gasteiger partial charge in [0, 0.05) is 18.8 Å². The molecule has 19 heavy (non-hydrogen) atoms. The number of hydrogen-bond donors (Lipinski definition) is 2. The van der Waals surface area contributed by atoms with E-state index in [-0.39, 0.29) is 18.1 Å². The number of carbonyl (C=O) groups is 1. The molecule has 1 saturated heterocycles. The Morgan fingerprint density at radius 2 is 2.16 bits per heavy atom. The first kappa shape index (κ1) is 14.0. The first-order valence-electron chi connectivity index (χ1n) is 6.92. The number of rotatable bonds is 4. The van der Waals surface area contributed by atoms with Gasteiger partial charge in [-0.2, -0.15) is 0 Å². The Kier molecular flexibility index (Phi) is 4.56. The lowest BCUT2D eigenvalue weighted by molar-refractivity contribution is -0.120. The number of β-amino-alcohol motifs (C(OH)–C–C–N with tert-alkyl or cyclic N) is 1. The molecular formula is C15H22N2O2. The quantitative estimate of drug-likeness (QED) is 0.867. The molecule has 4 heteroatoms. The number of aliphatic hydroxyl groups is 1. The predicted octanol–water partition coefficient (Wildman–Crippen LogP) is 1.64. The molecule has 1 amide bonds. The van der Waals surface area contributed by atoms with Crippen LogP contribution in [0.3, 0.4) is 0 Å². The summed E-state index contributed by atoms with van der Waals surface area (Å²) in [6.07, 6.45) is 1.46. The minimum Gasteiger partial charge on any atom is -0.392 e. The fourth-order valence-corrected chi connectivity index (χ4v) is 2.36. The van der Waals surface area contributed by atoms with E-state index in [0.717, 1.165) is 25.1 Å². The van der Waals surface area contributed by atoms with Gasteiger partial charge >= 0.3 is 0 Å². The summed E-state index contributed by atoms with van der Waals surface area (Å²) >= 11 is 0. The molecule has 1 unspecified atom stereocenters. The Balaban J connectivity index is 1.92. The van der Waals surface area contributed by atoms with E-state index in [0.29, 0.717) is 6.54 Å². The van der Waals surface area contributed by atoms with E-state index in [1.807, 2.05) is 36.1 Å². The Morgan fingerprint density at radius 3 is 2.68 bits per heavy atom. The van der Waals surface area contributed by atoms with Crippen molar-refractivity contribution < 1.29 is 9.90 Å². The van der Waals surface area contributed by atoms with Crippen LogP contribution in [0, 0.1) is 0 Å². The summed E-state index contributed by atoms with van der Waals surface area (Å²) in [5.74, 6) is -0.0154. The first-order valence-corrected chi connectivity index (χ1v) is 6.92. The molecule has 2 N–H and O–H groups in total. The number of carbonyl (C=O) groups excluding carboxylic acids is 1. The van der Waals surface area contributed by atoms with E-state index in [4.69, 9.17) is 0 Å². The highest BCUT2D eigenvalue weighted by atomic mass is 16.3. The number of aryl methyl sites for hydroxylation is 1. The van der Waals surface area contributed by atoms with Crippen LogP contribution in [-0.2, 0) is 11.2 Å². The van der Waals surface area contributed by atoms with Gasteiger partial charge < -0.3 is 10.4 Å². The van der Waals surface area contributed by atoms with Crippen molar-refractivity contribution in [2.24, 2.45) is 0 Å². The summed E-state index contributed by atoms with van der Waals surface area (Å²) in [6, 6.07) is 7.72. The van der Waals surface area contributed by atoms with Gasteiger partial charge in [-0.05, 0) is 37.5 Å². The third-order valence-electron chi connectivity index (χ3n) is 3.75. The Morgan fingerprint density at radius 1 is 1.47 bits per heavy atom. The molecule has 1 aliphatic heterocycles. The second kappa shape index (κ2) is 6.17. The molecule has 0 aliphatic carbocycles. The van der Waals surface area contributed by atoms with Crippen LogP contribution in [-0.4, -0.2) is 41.1 Å². The third-order valence-corrected chi connectivity index (χ3v) is 3.75. The Bertz CT molecular complexity index is 430. The van der Waals surface area contributed by atoms with Crippen LogP contribution in [0.25, 0.3) is 0 Å². The summed E-state index contributed by atoms with van der Waals surface area (Å²) < 4.78 is 0. The molecule has 104 valence electrons. The highest BCUT2D eigenvalue weighted by Crippen LogP contribution is 2.15. The molecule has 0 aromatic heterocycles. The number of hydrogen-bond acceptors (Lipinski definition) is 3. The van der Waals surface area contributed by atoms with E-state index in [9.17, 15) is 9.90 Å². The van der Waals surface area contributed by atoms with Crippen molar-refractivity contribution in [1.29, 1.82) is 0 Å². The van der Waals surface area contributed by atoms with Crippen LogP contribution < -0.4 is 5.32 Å². The molecule has 0 saturated carbocycles. The maximum atomic E-state index is 12.1. The molecule has 4 nitrogen and oxygen atoms in total. The van der Waals surface area contributed by atoms with E-state index >= 15 is 0 Å². The summed E-state index contributed by atoms with van der Waals surface area (Å²) in [6.45, 7) is 5.36. The molecule has 1 aromatic rings. The van der Waals surface area contributed by atoms with Crippen molar-refractivity contribution >= 4 is 11.6 Å². The summed E-state index contributed by atoms with van der Waals surface area (Å²) in [4.78, 5) is 14.1. The zero-order chi connectivity index (χ0) is 13.8. The monoisotopic (exact) mass is 262 g/mol. The second-order valence-corrected chi connectivity index (χ2v) is 5.15. The smallest absolute Gasteiger partial charge is 0.241 e. The van der Waals surface area contributed by atoms with E-state index in [1.165, 1.54) is 5.56 Å². The standard InChI is InChI=1S/C15H22N2O2/c1-3-12-4-6-13(7-5-12)16-15(19)11(2)17-9-8-14(18)10-17/h4-7,11,14,18H,3,8-10H2,1-2H3,(H,16,19)/t11?,14-/m0/s1. The van der Waals surface area contributed by atoms with Gasteiger partial charge in [-0.3, -0.25) is 9.69 Å². The number of nitrogens with one attached hydrogen (secondary N) is 1. The zero-order valence-electron chi connectivity index (χ0n) is 11.6. The molecule has 0 spiro atoms. The average Bonchev–Trinajstić information content (AvgIpc) is 2.85. The van der Waals surface area contributed by atoms with E-state index in [2.05, 4.69) is 12.2 Å². The van der Waals surface area contributed by atoms with Crippen molar-refractivity contribution in [1.82, 2.24) is 4.90 Å². The number of likely N-dealkylation sites (tertiary alicyclic amines) is 1. The predicted molar refractivity (Wildman–Crippen MR) is 76.1 cm³/mol. The molecule has 1 aliphatic rings. The van der Waals surface area contributed by atoms with Gasteiger partial charge in [0.15, 0.2) is 0 Å². The zero-order valence-corrected chi connectivity index (χ0v) is 11.6. The Labute approximate surface area is 114 Å². The van der Waals surface area contributed by atoms with E-state index in [1.54, 1.807) is 0 Å². The number of amides is 1. The fraction of sp³-hybridized carbons (Fsp3) is 0.533. The lowest BCUT2D eigenvalue weighted by atomic mass is 10.1. The number of anilines is 1. The normalized spacial score (nSPS) is 21.3. The summed E-state index contributed by atoms with van der Waals surface area (Å²) in [5, 5.41) is 12.4. The van der Waals surface area contributed by atoms with Crippen LogP contribution in [0.4, 0.5) is 5.69 Å². The molecule has 0 bridgehead atoms. The molecule has 0 radical (unpaired) electrons. The van der Waals surface area contributed by atoms with Gasteiger partial charge in [-0.15, -0.1) is 0 Å². The average molecular weight is 262 g/mol. The number of aliphatic hydroxyl groups excluding tert-OH is 1. The van der Waals surface area contributed by atoms with Crippen LogP contribution in [0.5, 0.6) is 0 Å². The maximum absolute atomic E-state index is 12.1. The van der Waals surface area contributed by atoms with Crippen molar-refractivity contribution in [3.8, 4) is 0 Å². The van der Waals surface area contributed by atoms with Gasteiger partial charge in [-0.25, -0.2) is 0 Å². The fourth-order valence-electron chi connectivity index (χ4n) is 2.36. The highest BCUT2D eigenvalue weighted by molar-refractivity contribution is 5.94. The third kappa shape index (κ3) is 3.55. The lowest BCUT2D eigenvalue weighted by Gasteiger charge is -2.22. The topological polar surface area (TPSA) is 52.6 Å². The summed E-state index contributed by atoms with van der Waals surface area (Å²) in [7, 11) is 0. The maximum Gasteiger partial charge on any atom is 0.241 e. The minimum absolute atomic E-state index is 0.0154. The Hall–Kier alpha value is -1.39. The number of nitrogens with zero attached hydrogens (tertiary/aromatic N) is 1. The van der Waals surface area contributed by atoms with Gasteiger partial charge in [0.2, 0.25) is 5.91 Å². The second-order valence-electron chi connectivity index (χ2n) is 5.15. The molecule has 1 aromatic carbocycles. The molecule has 2 atom stereocenters. The van der Waals surface area contributed by atoms with Gasteiger partial charge in [0.25, 0.3) is 0 Å². The van der Waals surface area contributed by atoms with Crippen LogP contribution in [0.1, 0.15) is 25.8 Å². The van der Waals surface area contributed by atoms with Crippen molar-refractivity contribution in [3.05, 3.63) is 29.8 Å². The minimum atomic E-state index is -0.293. The first-order chi connectivity index (χ1) is 9.10. The van der Waals surface area contributed by atoms with Crippen LogP contribution >= 0.6 is 0 Å². The molecule has 1 heterocycles. The van der Waals surface area contributed by atoms with Gasteiger partial charge in [0.05, 0.1) is 12.1 Å². The lowest BCUT2D eigenvalue weighted by Crippen LogP contribution is -2.41. The van der Waals surface area contributed by atoms with E-state index < -0.39 is 0 Å². The van der Waals surface area contributed by atoms with Gasteiger partial charge in [0.1, 0.15) is 0 Å². The van der Waals surface area contributed by atoms with Crippen LogP contribution in [0.15, 0.2) is 24.3 Å². The number of benzene rings is 1. The summed E-state index contributed by atoms with van der Waals surface area (Å²) in [5.41, 5.74) is 2.09. The highest BCUT2D eigenvalue weighted by Gasteiger charge is 2.28. The van der Waals surface area contributed by atoms with Crippen molar-refractivity contribution in [2.75, 3.05) is 18.4 Å². The van der Waals surface area contributed by atoms with Crippen LogP contribution in [0.2, 0.25) is 0 Å². The largest absolute Gasteiger partial charge is 0.392 e. The van der Waals surface area contributed by atoms with Crippen molar-refractivity contribution in [3.63, 3.8) is 0 Å². The molecule has 2 rings (SSSR count). The molecule has 1 fully saturated rings. The molecular weight excluding hydrogens is 240 g/mol. The van der Waals surface area contributed by atoms with Crippen molar-refractivity contribution in [2.45, 2.75) is 38.8 Å². The van der Waals surface area contributed by atoms with Gasteiger partial charge in [-0.1, -0.05) is 19.1 Å². The SMILES string of the molecule is CCc1ccc(NC(=O)C(C)N2CC[C@H](O)C2)cc1.